The second-order valence-corrected chi connectivity index (χ2v) is 5.75. The molecular formula is C8H15ClN2O3S. The topological polar surface area (TPSA) is 66.5 Å². The monoisotopic (exact) mass is 254 g/mol. The van der Waals surface area contributed by atoms with Crippen LogP contribution in [0.2, 0.25) is 0 Å². The van der Waals surface area contributed by atoms with Crippen molar-refractivity contribution >= 4 is 27.5 Å². The molecule has 1 rings (SSSR count). The Morgan fingerprint density at radius 1 is 1.60 bits per heavy atom. The molecular weight excluding hydrogens is 240 g/mol. The van der Waals surface area contributed by atoms with Gasteiger partial charge in [-0.2, -0.15) is 4.31 Å². The molecule has 0 bridgehead atoms. The molecule has 0 aliphatic carbocycles. The fraction of sp³-hybridized carbons (Fsp3) is 0.875. The van der Waals surface area contributed by atoms with Gasteiger partial charge < -0.3 is 5.32 Å². The number of nitrogens with zero attached hydrogens (tertiary/aromatic N) is 1. The van der Waals surface area contributed by atoms with Crippen LogP contribution in [-0.4, -0.2) is 49.4 Å². The van der Waals surface area contributed by atoms with Gasteiger partial charge in [-0.15, -0.1) is 11.6 Å². The summed E-state index contributed by atoms with van der Waals surface area (Å²) in [6.45, 7) is 2.50. The SMILES string of the molecule is CCC1C(=O)NCCN1S(=O)(=O)CCCl. The van der Waals surface area contributed by atoms with Crippen molar-refractivity contribution in [2.45, 2.75) is 19.4 Å². The fourth-order valence-electron chi connectivity index (χ4n) is 1.63. The van der Waals surface area contributed by atoms with Gasteiger partial charge in [0.1, 0.15) is 6.04 Å². The van der Waals surface area contributed by atoms with E-state index in [0.717, 1.165) is 0 Å². The molecule has 88 valence electrons. The minimum Gasteiger partial charge on any atom is -0.353 e. The molecule has 0 radical (unpaired) electrons. The van der Waals surface area contributed by atoms with E-state index in [-0.39, 0.29) is 17.5 Å². The number of carbonyl (C=O) groups excluding carboxylic acids is 1. The van der Waals surface area contributed by atoms with E-state index in [1.807, 2.05) is 0 Å². The maximum absolute atomic E-state index is 11.8. The molecule has 0 spiro atoms. The van der Waals surface area contributed by atoms with Crippen molar-refractivity contribution in [1.29, 1.82) is 0 Å². The van der Waals surface area contributed by atoms with Crippen LogP contribution >= 0.6 is 11.6 Å². The van der Waals surface area contributed by atoms with E-state index in [9.17, 15) is 13.2 Å². The lowest BCUT2D eigenvalue weighted by Gasteiger charge is -2.33. The third kappa shape index (κ3) is 2.83. The van der Waals surface area contributed by atoms with Gasteiger partial charge in [0.25, 0.3) is 0 Å². The first-order valence-electron chi connectivity index (χ1n) is 4.86. The second-order valence-electron chi connectivity index (χ2n) is 3.33. The second kappa shape index (κ2) is 5.14. The highest BCUT2D eigenvalue weighted by atomic mass is 35.5. The zero-order valence-corrected chi connectivity index (χ0v) is 10.1. The van der Waals surface area contributed by atoms with Crippen molar-refractivity contribution in [1.82, 2.24) is 9.62 Å². The Balaban J connectivity index is 2.87. The Kier molecular flexibility index (Phi) is 4.36. The summed E-state index contributed by atoms with van der Waals surface area (Å²) in [5, 5.41) is 2.65. The number of halogens is 1. The number of hydrogen-bond acceptors (Lipinski definition) is 3. The smallest absolute Gasteiger partial charge is 0.238 e. The van der Waals surface area contributed by atoms with E-state index in [4.69, 9.17) is 11.6 Å². The molecule has 1 N–H and O–H groups in total. The third-order valence-electron chi connectivity index (χ3n) is 2.36. The molecule has 1 heterocycles. The molecule has 1 aliphatic heterocycles. The Morgan fingerprint density at radius 2 is 2.27 bits per heavy atom. The Bertz CT molecular complexity index is 331. The summed E-state index contributed by atoms with van der Waals surface area (Å²) in [5.41, 5.74) is 0. The number of alkyl halides is 1. The zero-order valence-electron chi connectivity index (χ0n) is 8.57. The van der Waals surface area contributed by atoms with Crippen LogP contribution in [0.1, 0.15) is 13.3 Å². The maximum atomic E-state index is 11.8. The molecule has 15 heavy (non-hydrogen) atoms. The van der Waals surface area contributed by atoms with Crippen molar-refractivity contribution < 1.29 is 13.2 Å². The van der Waals surface area contributed by atoms with Gasteiger partial charge in [0.05, 0.1) is 5.75 Å². The van der Waals surface area contributed by atoms with Gasteiger partial charge in [-0.1, -0.05) is 6.92 Å². The molecule has 0 saturated carbocycles. The van der Waals surface area contributed by atoms with Crippen molar-refractivity contribution in [2.24, 2.45) is 0 Å². The predicted octanol–water partition coefficient (Wildman–Crippen LogP) is -0.235. The van der Waals surface area contributed by atoms with Gasteiger partial charge in [0, 0.05) is 19.0 Å². The van der Waals surface area contributed by atoms with Crippen molar-refractivity contribution in [3.8, 4) is 0 Å². The van der Waals surface area contributed by atoms with Crippen molar-refractivity contribution in [3.63, 3.8) is 0 Å². The molecule has 1 saturated heterocycles. The van der Waals surface area contributed by atoms with Gasteiger partial charge in [-0.25, -0.2) is 8.42 Å². The summed E-state index contributed by atoms with van der Waals surface area (Å²) in [5.74, 6) is -0.281. The van der Waals surface area contributed by atoms with Crippen LogP contribution in [0.15, 0.2) is 0 Å². The van der Waals surface area contributed by atoms with Gasteiger partial charge in [-0.05, 0) is 6.42 Å². The van der Waals surface area contributed by atoms with Gasteiger partial charge >= 0.3 is 0 Å². The summed E-state index contributed by atoms with van der Waals surface area (Å²) in [6.07, 6.45) is 0.480. The van der Waals surface area contributed by atoms with Crippen molar-refractivity contribution in [2.75, 3.05) is 24.7 Å². The van der Waals surface area contributed by atoms with Crippen LogP contribution in [0.3, 0.4) is 0 Å². The minimum atomic E-state index is -3.39. The first-order valence-corrected chi connectivity index (χ1v) is 7.00. The normalized spacial score (nSPS) is 23.9. The van der Waals surface area contributed by atoms with Crippen LogP contribution in [0.25, 0.3) is 0 Å². The fourth-order valence-corrected chi connectivity index (χ4v) is 3.65. The van der Waals surface area contributed by atoms with Gasteiger partial charge in [0.2, 0.25) is 15.9 Å². The molecule has 0 aromatic carbocycles. The van der Waals surface area contributed by atoms with Crippen LogP contribution in [-0.2, 0) is 14.8 Å². The van der Waals surface area contributed by atoms with Crippen LogP contribution < -0.4 is 5.32 Å². The van der Waals surface area contributed by atoms with Gasteiger partial charge in [-0.3, -0.25) is 4.79 Å². The largest absolute Gasteiger partial charge is 0.353 e. The summed E-state index contributed by atoms with van der Waals surface area (Å²) in [4.78, 5) is 11.4. The molecule has 1 fully saturated rings. The summed E-state index contributed by atoms with van der Waals surface area (Å²) in [7, 11) is -3.39. The van der Waals surface area contributed by atoms with Crippen molar-refractivity contribution in [3.05, 3.63) is 0 Å². The Morgan fingerprint density at radius 3 is 2.80 bits per heavy atom. The number of carbonyl (C=O) groups is 1. The number of sulfonamides is 1. The molecule has 1 atom stereocenters. The lowest BCUT2D eigenvalue weighted by molar-refractivity contribution is -0.126. The number of piperazine rings is 1. The lowest BCUT2D eigenvalue weighted by Crippen LogP contribution is -2.57. The van der Waals surface area contributed by atoms with E-state index < -0.39 is 16.1 Å². The Labute approximate surface area is 94.8 Å². The minimum absolute atomic E-state index is 0.0525. The van der Waals surface area contributed by atoms with Crippen LogP contribution in [0.5, 0.6) is 0 Å². The average molecular weight is 255 g/mol. The van der Waals surface area contributed by atoms with E-state index in [0.29, 0.717) is 19.5 Å². The van der Waals surface area contributed by atoms with E-state index in [2.05, 4.69) is 5.32 Å². The van der Waals surface area contributed by atoms with Gasteiger partial charge in [0.15, 0.2) is 0 Å². The molecule has 1 amide bonds. The average Bonchev–Trinajstić information content (AvgIpc) is 2.17. The molecule has 1 aliphatic rings. The summed E-state index contributed by atoms with van der Waals surface area (Å²) >= 11 is 5.43. The lowest BCUT2D eigenvalue weighted by atomic mass is 10.2. The number of rotatable bonds is 4. The van der Waals surface area contributed by atoms with Crippen LogP contribution in [0.4, 0.5) is 0 Å². The number of nitrogens with one attached hydrogen (secondary N) is 1. The maximum Gasteiger partial charge on any atom is 0.238 e. The number of hydrogen-bond donors (Lipinski definition) is 1. The first-order chi connectivity index (χ1) is 7.03. The quantitative estimate of drug-likeness (QED) is 0.705. The standard InChI is InChI=1S/C8H15ClN2O3S/c1-2-7-8(12)10-4-5-11(7)15(13,14)6-3-9/h7H,2-6H2,1H3,(H,10,12). The van der Waals surface area contributed by atoms with E-state index in [1.54, 1.807) is 6.92 Å². The van der Waals surface area contributed by atoms with E-state index in [1.165, 1.54) is 4.31 Å². The molecule has 1 unspecified atom stereocenters. The highest BCUT2D eigenvalue weighted by Gasteiger charge is 2.35. The molecule has 0 aromatic rings. The predicted molar refractivity (Wildman–Crippen MR) is 58.3 cm³/mol. The number of amides is 1. The van der Waals surface area contributed by atoms with E-state index >= 15 is 0 Å². The summed E-state index contributed by atoms with van der Waals surface area (Å²) < 4.78 is 24.8. The summed E-state index contributed by atoms with van der Waals surface area (Å²) in [6, 6.07) is -0.577. The highest BCUT2D eigenvalue weighted by molar-refractivity contribution is 7.89. The first kappa shape index (κ1) is 12.7. The molecule has 5 nitrogen and oxygen atoms in total. The third-order valence-corrected chi connectivity index (χ3v) is 4.65. The molecule has 0 aromatic heterocycles. The van der Waals surface area contributed by atoms with Crippen LogP contribution in [0, 0.1) is 0 Å². The molecule has 7 heteroatoms. The Hall–Kier alpha value is -0.330. The zero-order chi connectivity index (χ0) is 11.5. The highest BCUT2D eigenvalue weighted by Crippen LogP contribution is 2.14.